The number of anilines is 1. The van der Waals surface area contributed by atoms with Gasteiger partial charge in [-0.2, -0.15) is 5.23 Å². The largest absolute Gasteiger partial charge is 0.595 e. The highest BCUT2D eigenvalue weighted by molar-refractivity contribution is 5.82. The molecule has 10 nitrogen and oxygen atoms in total. The molecule has 1 aromatic carbocycles. The van der Waals surface area contributed by atoms with E-state index in [2.05, 4.69) is 15.2 Å². The molecule has 5 atom stereocenters. The highest BCUT2D eigenvalue weighted by Gasteiger charge is 2.49. The molecule has 0 saturated carbocycles. The molecule has 6 rings (SSSR count). The number of amides is 1. The van der Waals surface area contributed by atoms with E-state index in [1.165, 1.54) is 0 Å². The molecule has 2 aromatic heterocycles. The maximum absolute atomic E-state index is 13.6. The van der Waals surface area contributed by atoms with Crippen LogP contribution in [-0.4, -0.2) is 44.4 Å². The first-order chi connectivity index (χ1) is 17.5. The number of piperidine rings is 1. The Morgan fingerprint density at radius 2 is 2.14 bits per heavy atom. The number of quaternary nitrogens is 1. The Kier molecular flexibility index (Phi) is 5.87. The van der Waals surface area contributed by atoms with Crippen molar-refractivity contribution < 1.29 is 15.2 Å². The zero-order valence-corrected chi connectivity index (χ0v) is 19.9. The topological polar surface area (TPSA) is 120 Å². The molecule has 3 unspecified atom stereocenters. The summed E-state index contributed by atoms with van der Waals surface area (Å²) in [6, 6.07) is 10.7. The molecule has 188 valence electrons. The van der Waals surface area contributed by atoms with Gasteiger partial charge in [0.05, 0.1) is 12.2 Å². The van der Waals surface area contributed by atoms with Gasteiger partial charge < -0.3 is 24.6 Å². The number of hydrogen-bond acceptors (Lipinski definition) is 6. The van der Waals surface area contributed by atoms with Crippen LogP contribution in [0.4, 0.5) is 11.4 Å². The average Bonchev–Trinajstić information content (AvgIpc) is 3.40. The number of nitrogens with zero attached hydrogens (tertiary/aromatic N) is 4. The number of fused-ring (bicyclic) bond motifs is 8. The first-order valence-corrected chi connectivity index (χ1v) is 12.6. The van der Waals surface area contributed by atoms with Gasteiger partial charge in [-0.25, -0.2) is 10.2 Å². The van der Waals surface area contributed by atoms with Crippen molar-refractivity contribution in [1.82, 2.24) is 19.4 Å². The third kappa shape index (κ3) is 4.01. The summed E-state index contributed by atoms with van der Waals surface area (Å²) in [5, 5.41) is 23.4. The van der Waals surface area contributed by atoms with Gasteiger partial charge >= 0.3 is 0 Å². The van der Waals surface area contributed by atoms with Gasteiger partial charge in [0, 0.05) is 80.1 Å². The molecule has 3 N–H and O–H groups in total. The zero-order chi connectivity index (χ0) is 24.8. The first kappa shape index (κ1) is 23.0. The Balaban J connectivity index is 1.30. The first-order valence-electron chi connectivity index (χ1n) is 12.6. The van der Waals surface area contributed by atoms with Gasteiger partial charge in [0.1, 0.15) is 0 Å². The lowest BCUT2D eigenvalue weighted by molar-refractivity contribution is -0.991. The van der Waals surface area contributed by atoms with Gasteiger partial charge in [-0.05, 0) is 42.9 Å². The van der Waals surface area contributed by atoms with E-state index in [1.807, 2.05) is 33.5 Å². The van der Waals surface area contributed by atoms with Crippen LogP contribution in [0.5, 0.6) is 0 Å². The van der Waals surface area contributed by atoms with E-state index < -0.39 is 5.23 Å². The van der Waals surface area contributed by atoms with Crippen molar-refractivity contribution in [3.63, 3.8) is 0 Å². The summed E-state index contributed by atoms with van der Waals surface area (Å²) in [6.45, 7) is 2.63. The van der Waals surface area contributed by atoms with Crippen LogP contribution in [0.1, 0.15) is 30.0 Å². The number of rotatable bonds is 6. The van der Waals surface area contributed by atoms with Crippen molar-refractivity contribution in [1.29, 1.82) is 0 Å². The second-order valence-corrected chi connectivity index (χ2v) is 10.1. The van der Waals surface area contributed by atoms with Crippen molar-refractivity contribution in [2.75, 3.05) is 18.0 Å². The number of imidazole rings is 1. The molecule has 3 aliphatic rings. The average molecular weight is 491 g/mol. The van der Waals surface area contributed by atoms with Gasteiger partial charge in [0.25, 0.3) is 5.56 Å². The molecule has 2 bridgehead atoms. The Hall–Kier alpha value is -3.47. The van der Waals surface area contributed by atoms with Crippen molar-refractivity contribution in [3.8, 4) is 0 Å². The molecule has 0 radical (unpaired) electrons. The Morgan fingerprint density at radius 1 is 1.25 bits per heavy atom. The minimum absolute atomic E-state index is 0.00772. The number of benzene rings is 1. The number of carbonyl (C=O) groups excluding carboxylic acids is 1. The van der Waals surface area contributed by atoms with E-state index in [0.29, 0.717) is 26.1 Å². The molecule has 0 aliphatic carbocycles. The van der Waals surface area contributed by atoms with E-state index >= 15 is 0 Å². The number of aromatic nitrogens is 3. The fourth-order valence-electron chi connectivity index (χ4n) is 6.51. The third-order valence-corrected chi connectivity index (χ3v) is 8.04. The van der Waals surface area contributed by atoms with Crippen LogP contribution in [0, 0.1) is 17.0 Å². The molecule has 10 heteroatoms. The van der Waals surface area contributed by atoms with Gasteiger partial charge in [-0.3, -0.25) is 9.59 Å². The second-order valence-electron chi connectivity index (χ2n) is 10.1. The van der Waals surface area contributed by atoms with Gasteiger partial charge in [0.15, 0.2) is 5.69 Å². The second kappa shape index (κ2) is 9.20. The van der Waals surface area contributed by atoms with Crippen molar-refractivity contribution in [2.24, 2.45) is 11.8 Å². The summed E-state index contributed by atoms with van der Waals surface area (Å²) in [5.41, 5.74) is 3.21. The normalized spacial score (nSPS) is 24.9. The van der Waals surface area contributed by atoms with Crippen LogP contribution < -0.4 is 21.0 Å². The van der Waals surface area contributed by atoms with Gasteiger partial charge in [-0.1, -0.05) is 6.07 Å². The smallest absolute Gasteiger partial charge is 0.250 e. The summed E-state index contributed by atoms with van der Waals surface area (Å²) in [6.07, 6.45) is 7.62. The minimum atomic E-state index is -0.968. The molecule has 3 aliphatic heterocycles. The number of pyridine rings is 1. The molecule has 1 saturated heterocycles. The molecular weight excluding hydrogens is 460 g/mol. The van der Waals surface area contributed by atoms with E-state index in [-0.39, 0.29) is 40.9 Å². The molecule has 5 heterocycles. The van der Waals surface area contributed by atoms with Crippen LogP contribution in [-0.2, 0) is 24.3 Å². The number of aryl methyl sites for hydroxylation is 1. The summed E-state index contributed by atoms with van der Waals surface area (Å²) >= 11 is 0. The lowest BCUT2D eigenvalue weighted by atomic mass is 9.70. The number of nitrogens with one attached hydrogen (secondary N) is 2. The molecule has 0 spiro atoms. The highest BCUT2D eigenvalue weighted by atomic mass is 16.8. The maximum atomic E-state index is 13.6. The molecule has 1 fully saturated rings. The van der Waals surface area contributed by atoms with Crippen molar-refractivity contribution in [2.45, 2.75) is 44.3 Å². The molecule has 36 heavy (non-hydrogen) atoms. The zero-order valence-electron chi connectivity index (χ0n) is 19.9. The van der Waals surface area contributed by atoms with Crippen molar-refractivity contribution >= 4 is 17.3 Å². The van der Waals surface area contributed by atoms with Crippen molar-refractivity contribution in [3.05, 3.63) is 81.9 Å². The minimum Gasteiger partial charge on any atom is -0.595 e. The SMILES string of the molecule is O=C(NCCCn1ccnc1)[C@@H]1Cc2cc([NH+]([O-])O)ccc2N2CC3CC(Cn4c3cccc4=O)[C@@H]12. The Labute approximate surface area is 208 Å². The van der Waals surface area contributed by atoms with E-state index in [9.17, 15) is 20.0 Å². The Morgan fingerprint density at radius 3 is 2.94 bits per heavy atom. The summed E-state index contributed by atoms with van der Waals surface area (Å²) < 4.78 is 3.87. The lowest BCUT2D eigenvalue weighted by Crippen LogP contribution is -2.99. The number of carbonyl (C=O) groups is 1. The quantitative estimate of drug-likeness (QED) is 0.348. The monoisotopic (exact) mass is 490 g/mol. The Bertz CT molecular complexity index is 1320. The van der Waals surface area contributed by atoms with Crippen LogP contribution >= 0.6 is 0 Å². The summed E-state index contributed by atoms with van der Waals surface area (Å²) in [5.74, 6) is 0.0246. The van der Waals surface area contributed by atoms with Crippen LogP contribution in [0.2, 0.25) is 0 Å². The van der Waals surface area contributed by atoms with E-state index in [1.54, 1.807) is 30.7 Å². The summed E-state index contributed by atoms with van der Waals surface area (Å²) in [7, 11) is 0. The number of hydrogen-bond donors (Lipinski definition) is 3. The molecule has 3 aromatic rings. The predicted molar refractivity (Wildman–Crippen MR) is 132 cm³/mol. The molecule has 1 amide bonds. The fraction of sp³-hybridized carbons (Fsp3) is 0.423. The maximum Gasteiger partial charge on any atom is 0.250 e. The van der Waals surface area contributed by atoms with Crippen LogP contribution in [0.25, 0.3) is 0 Å². The van der Waals surface area contributed by atoms with Gasteiger partial charge in [0.2, 0.25) is 5.91 Å². The van der Waals surface area contributed by atoms with Gasteiger partial charge in [-0.15, -0.1) is 0 Å². The lowest BCUT2D eigenvalue weighted by Gasteiger charge is -2.54. The predicted octanol–water partition coefficient (Wildman–Crippen LogP) is 0.819. The van der Waals surface area contributed by atoms with E-state index in [0.717, 1.165) is 36.3 Å². The molecular formula is C26H30N6O4. The fourth-order valence-corrected chi connectivity index (χ4v) is 6.51. The van der Waals surface area contributed by atoms with Crippen LogP contribution in [0.3, 0.4) is 0 Å². The van der Waals surface area contributed by atoms with E-state index in [4.69, 9.17) is 0 Å². The highest BCUT2D eigenvalue weighted by Crippen LogP contribution is 2.47. The summed E-state index contributed by atoms with van der Waals surface area (Å²) in [4.78, 5) is 32.6. The third-order valence-electron chi connectivity index (χ3n) is 8.04. The van der Waals surface area contributed by atoms with Crippen LogP contribution in [0.15, 0.2) is 59.9 Å². The standard InChI is InChI=1S/C26H30N6O4/c33-24-4-1-3-22-18-11-19(15-30(22)24)25-21(26(34)28-7-2-9-29-10-8-27-16-29)13-17-12-20(32(35)36)5-6-23(17)31(25)14-18/h1,3-6,8,10,12,16,18-19,21,25,32,35H,2,7,9,11,13-15H2,(H,28,34)/t18?,19?,21-,25+/m1/s1.